The zero-order valence-electron chi connectivity index (χ0n) is 14.5. The fourth-order valence-corrected chi connectivity index (χ4v) is 2.21. The quantitative estimate of drug-likeness (QED) is 0.710. The van der Waals surface area contributed by atoms with Gasteiger partial charge in [-0.15, -0.1) is 0 Å². The number of amides is 1. The van der Waals surface area contributed by atoms with Gasteiger partial charge in [0.05, 0.1) is 6.61 Å². The van der Waals surface area contributed by atoms with Crippen molar-refractivity contribution in [1.82, 2.24) is 0 Å². The molecule has 138 valence electrons. The molecule has 0 aliphatic rings. The lowest BCUT2D eigenvalue weighted by Crippen LogP contribution is -2.31. The summed E-state index contributed by atoms with van der Waals surface area (Å²) in [6.07, 6.45) is -0.961. The molecule has 0 aliphatic carbocycles. The number of anilines is 1. The minimum absolute atomic E-state index is 0.318. The number of carbonyl (C=O) groups is 2. The van der Waals surface area contributed by atoms with Gasteiger partial charge in [0.2, 0.25) is 0 Å². The standard InChI is InChI=1S/C19H20ClNO5/c1-3-24-16-9-7-15(8-10-16)21-19(23)13(2)26-18(22)12-25-17-6-4-5-14(20)11-17/h4-11,13H,3,12H2,1-2H3,(H,21,23)/t13-/m0/s1. The summed E-state index contributed by atoms with van der Waals surface area (Å²) in [6, 6.07) is 13.6. The summed E-state index contributed by atoms with van der Waals surface area (Å²) < 4.78 is 15.7. The molecule has 2 aromatic rings. The van der Waals surface area contributed by atoms with E-state index in [0.717, 1.165) is 0 Å². The van der Waals surface area contributed by atoms with Gasteiger partial charge in [-0.25, -0.2) is 4.79 Å². The summed E-state index contributed by atoms with van der Waals surface area (Å²) in [5, 5.41) is 3.17. The Kier molecular flexibility index (Phi) is 7.29. The monoisotopic (exact) mass is 377 g/mol. The van der Waals surface area contributed by atoms with Crippen molar-refractivity contribution in [2.24, 2.45) is 0 Å². The zero-order valence-corrected chi connectivity index (χ0v) is 15.3. The largest absolute Gasteiger partial charge is 0.494 e. The van der Waals surface area contributed by atoms with Crippen LogP contribution in [0.5, 0.6) is 11.5 Å². The highest BCUT2D eigenvalue weighted by Crippen LogP contribution is 2.17. The predicted molar refractivity (Wildman–Crippen MR) is 98.7 cm³/mol. The topological polar surface area (TPSA) is 73.9 Å². The molecule has 0 saturated heterocycles. The van der Waals surface area contributed by atoms with Gasteiger partial charge in [-0.1, -0.05) is 17.7 Å². The van der Waals surface area contributed by atoms with E-state index < -0.39 is 18.0 Å². The van der Waals surface area contributed by atoms with Crippen LogP contribution in [0.15, 0.2) is 48.5 Å². The summed E-state index contributed by atoms with van der Waals surface area (Å²) in [5.41, 5.74) is 0.580. The highest BCUT2D eigenvalue weighted by Gasteiger charge is 2.18. The van der Waals surface area contributed by atoms with Crippen molar-refractivity contribution in [2.45, 2.75) is 20.0 Å². The number of rotatable bonds is 8. The number of ether oxygens (including phenoxy) is 3. The Morgan fingerprint density at radius 1 is 1.08 bits per heavy atom. The first-order valence-electron chi connectivity index (χ1n) is 8.09. The second-order valence-electron chi connectivity index (χ2n) is 5.32. The maximum Gasteiger partial charge on any atom is 0.344 e. The minimum Gasteiger partial charge on any atom is -0.494 e. The van der Waals surface area contributed by atoms with Crippen LogP contribution >= 0.6 is 11.6 Å². The smallest absolute Gasteiger partial charge is 0.344 e. The number of esters is 1. The van der Waals surface area contributed by atoms with E-state index in [9.17, 15) is 9.59 Å². The van der Waals surface area contributed by atoms with Gasteiger partial charge in [0, 0.05) is 10.7 Å². The van der Waals surface area contributed by atoms with Gasteiger partial charge < -0.3 is 19.5 Å². The molecule has 0 saturated carbocycles. The maximum atomic E-state index is 12.1. The van der Waals surface area contributed by atoms with Crippen LogP contribution < -0.4 is 14.8 Å². The summed E-state index contributed by atoms with van der Waals surface area (Å²) in [4.78, 5) is 23.9. The van der Waals surface area contributed by atoms with Crippen LogP contribution in [0.1, 0.15) is 13.8 Å². The molecule has 0 aliphatic heterocycles. The molecule has 2 aromatic carbocycles. The number of hydrogen-bond donors (Lipinski definition) is 1. The zero-order chi connectivity index (χ0) is 18.9. The number of halogens is 1. The van der Waals surface area contributed by atoms with Crippen molar-refractivity contribution in [2.75, 3.05) is 18.5 Å². The Hall–Kier alpha value is -2.73. The molecule has 0 heterocycles. The van der Waals surface area contributed by atoms with Crippen LogP contribution in [0.3, 0.4) is 0 Å². The fraction of sp³-hybridized carbons (Fsp3) is 0.263. The number of hydrogen-bond acceptors (Lipinski definition) is 5. The lowest BCUT2D eigenvalue weighted by molar-refractivity contribution is -0.155. The van der Waals surface area contributed by atoms with Crippen LogP contribution in [0, 0.1) is 0 Å². The van der Waals surface area contributed by atoms with Crippen molar-refractivity contribution in [3.8, 4) is 11.5 Å². The first kappa shape index (κ1) is 19.6. The highest BCUT2D eigenvalue weighted by atomic mass is 35.5. The van der Waals surface area contributed by atoms with Gasteiger partial charge >= 0.3 is 5.97 Å². The minimum atomic E-state index is -0.961. The SMILES string of the molecule is CCOc1ccc(NC(=O)[C@H](C)OC(=O)COc2cccc(Cl)c2)cc1. The third-order valence-electron chi connectivity index (χ3n) is 3.26. The molecule has 0 spiro atoms. The molecule has 0 unspecified atom stereocenters. The van der Waals surface area contributed by atoms with Gasteiger partial charge in [0.15, 0.2) is 12.7 Å². The Balaban J connectivity index is 1.79. The van der Waals surface area contributed by atoms with Gasteiger partial charge in [-0.3, -0.25) is 4.79 Å². The molecule has 0 bridgehead atoms. The molecule has 7 heteroatoms. The lowest BCUT2D eigenvalue weighted by Gasteiger charge is -2.14. The highest BCUT2D eigenvalue weighted by molar-refractivity contribution is 6.30. The third-order valence-corrected chi connectivity index (χ3v) is 3.50. The first-order valence-corrected chi connectivity index (χ1v) is 8.47. The molecular weight excluding hydrogens is 358 g/mol. The van der Waals surface area contributed by atoms with Crippen molar-refractivity contribution in [3.05, 3.63) is 53.6 Å². The van der Waals surface area contributed by atoms with Crippen LogP contribution in [-0.2, 0) is 14.3 Å². The van der Waals surface area contributed by atoms with Crippen molar-refractivity contribution >= 4 is 29.2 Å². The van der Waals surface area contributed by atoms with Crippen LogP contribution in [0.4, 0.5) is 5.69 Å². The average Bonchev–Trinajstić information content (AvgIpc) is 2.62. The molecule has 2 rings (SSSR count). The Morgan fingerprint density at radius 2 is 1.81 bits per heavy atom. The Labute approximate surface area is 157 Å². The van der Waals surface area contributed by atoms with E-state index in [-0.39, 0.29) is 6.61 Å². The molecule has 1 N–H and O–H groups in total. The first-order chi connectivity index (χ1) is 12.5. The Morgan fingerprint density at radius 3 is 2.46 bits per heavy atom. The molecule has 6 nitrogen and oxygen atoms in total. The van der Waals surface area contributed by atoms with E-state index >= 15 is 0 Å². The number of benzene rings is 2. The third kappa shape index (κ3) is 6.29. The normalized spacial score (nSPS) is 11.3. The summed E-state index contributed by atoms with van der Waals surface area (Å²) >= 11 is 5.83. The van der Waals surface area contributed by atoms with Gasteiger partial charge in [0.1, 0.15) is 11.5 Å². The molecule has 26 heavy (non-hydrogen) atoms. The molecule has 0 radical (unpaired) electrons. The van der Waals surface area contributed by atoms with Gasteiger partial charge in [-0.2, -0.15) is 0 Å². The number of carbonyl (C=O) groups excluding carboxylic acids is 2. The predicted octanol–water partition coefficient (Wildman–Crippen LogP) is 3.69. The summed E-state index contributed by atoms with van der Waals surface area (Å²) in [7, 11) is 0. The number of nitrogens with one attached hydrogen (secondary N) is 1. The van der Waals surface area contributed by atoms with Crippen LogP contribution in [0.25, 0.3) is 0 Å². The van der Waals surface area contributed by atoms with E-state index in [1.54, 1.807) is 48.5 Å². The average molecular weight is 378 g/mol. The summed E-state index contributed by atoms with van der Waals surface area (Å²) in [5.74, 6) is 0.0636. The van der Waals surface area contributed by atoms with E-state index in [0.29, 0.717) is 28.8 Å². The van der Waals surface area contributed by atoms with Crippen molar-refractivity contribution in [3.63, 3.8) is 0 Å². The second-order valence-corrected chi connectivity index (χ2v) is 5.76. The van der Waals surface area contributed by atoms with E-state index in [1.807, 2.05) is 6.92 Å². The van der Waals surface area contributed by atoms with Crippen molar-refractivity contribution in [1.29, 1.82) is 0 Å². The van der Waals surface area contributed by atoms with E-state index in [4.69, 9.17) is 25.8 Å². The fourth-order valence-electron chi connectivity index (χ4n) is 2.03. The van der Waals surface area contributed by atoms with Crippen LogP contribution in [0.2, 0.25) is 5.02 Å². The molecule has 0 fully saturated rings. The lowest BCUT2D eigenvalue weighted by atomic mass is 10.3. The molecule has 1 amide bonds. The van der Waals surface area contributed by atoms with Gasteiger partial charge in [0.25, 0.3) is 5.91 Å². The molecule has 0 aromatic heterocycles. The summed E-state index contributed by atoms with van der Waals surface area (Å²) in [6.45, 7) is 3.62. The molecule has 1 atom stereocenters. The van der Waals surface area contributed by atoms with Crippen LogP contribution in [-0.4, -0.2) is 31.2 Å². The Bertz CT molecular complexity index is 748. The molecular formula is C19H20ClNO5. The van der Waals surface area contributed by atoms with E-state index in [1.165, 1.54) is 6.92 Å². The van der Waals surface area contributed by atoms with Crippen molar-refractivity contribution < 1.29 is 23.8 Å². The second kappa shape index (κ2) is 9.68. The van der Waals surface area contributed by atoms with E-state index in [2.05, 4.69) is 5.32 Å². The van der Waals surface area contributed by atoms with Gasteiger partial charge in [-0.05, 0) is 56.3 Å². The maximum absolute atomic E-state index is 12.1.